The molecular formula is C13H11F4NO3. The first kappa shape index (κ1) is 16.7. The summed E-state index contributed by atoms with van der Waals surface area (Å²) >= 11 is 0. The smallest absolute Gasteiger partial charge is 0.419 e. The normalized spacial score (nSPS) is 11.0. The highest BCUT2D eigenvalue weighted by Crippen LogP contribution is 2.32. The van der Waals surface area contributed by atoms with Gasteiger partial charge >= 0.3 is 12.1 Å². The van der Waals surface area contributed by atoms with Crippen LogP contribution in [0.25, 0.3) is 0 Å². The number of alkyl halides is 3. The second-order valence-electron chi connectivity index (χ2n) is 4.06. The molecule has 0 spiro atoms. The van der Waals surface area contributed by atoms with E-state index < -0.39 is 41.5 Å². The van der Waals surface area contributed by atoms with E-state index in [1.807, 2.05) is 0 Å². The molecule has 8 heteroatoms. The number of carbonyl (C=O) groups is 2. The van der Waals surface area contributed by atoms with Crippen LogP contribution < -0.4 is 0 Å². The Kier molecular flexibility index (Phi) is 5.07. The molecule has 0 aliphatic rings. The molecule has 0 unspecified atom stereocenters. The number of carbonyl (C=O) groups excluding carboxylic acids is 1. The minimum Gasteiger partial charge on any atom is -0.480 e. The van der Waals surface area contributed by atoms with Crippen molar-refractivity contribution in [1.29, 1.82) is 0 Å². The van der Waals surface area contributed by atoms with Crippen LogP contribution in [0.15, 0.2) is 30.9 Å². The van der Waals surface area contributed by atoms with Gasteiger partial charge in [-0.2, -0.15) is 13.2 Å². The summed E-state index contributed by atoms with van der Waals surface area (Å²) < 4.78 is 50.9. The van der Waals surface area contributed by atoms with E-state index >= 15 is 0 Å². The lowest BCUT2D eigenvalue weighted by Gasteiger charge is -2.19. The summed E-state index contributed by atoms with van der Waals surface area (Å²) in [4.78, 5) is 23.4. The molecule has 0 aliphatic heterocycles. The molecule has 21 heavy (non-hydrogen) atoms. The summed E-state index contributed by atoms with van der Waals surface area (Å²) in [6.45, 7) is 2.46. The SMILES string of the molecule is C=CCN(CC(=O)O)C(=O)c1ccc(F)c(C(F)(F)F)c1. The molecule has 0 atom stereocenters. The van der Waals surface area contributed by atoms with E-state index in [0.717, 1.165) is 11.0 Å². The van der Waals surface area contributed by atoms with Crippen molar-refractivity contribution >= 4 is 11.9 Å². The number of halogens is 4. The molecule has 0 aliphatic carbocycles. The van der Waals surface area contributed by atoms with Gasteiger partial charge in [0.15, 0.2) is 0 Å². The van der Waals surface area contributed by atoms with E-state index in [9.17, 15) is 27.2 Å². The summed E-state index contributed by atoms with van der Waals surface area (Å²) in [5.74, 6) is -3.79. The zero-order valence-electron chi connectivity index (χ0n) is 10.7. The Labute approximate surface area is 117 Å². The molecule has 4 nitrogen and oxygen atoms in total. The number of benzene rings is 1. The zero-order valence-corrected chi connectivity index (χ0v) is 10.7. The van der Waals surface area contributed by atoms with Gasteiger partial charge in [0.05, 0.1) is 5.56 Å². The molecule has 0 heterocycles. The molecule has 0 radical (unpaired) electrons. The van der Waals surface area contributed by atoms with Crippen molar-refractivity contribution in [3.8, 4) is 0 Å². The molecule has 1 aromatic carbocycles. The van der Waals surface area contributed by atoms with Crippen molar-refractivity contribution in [1.82, 2.24) is 4.90 Å². The van der Waals surface area contributed by atoms with E-state index in [4.69, 9.17) is 5.11 Å². The minimum atomic E-state index is -4.95. The highest BCUT2D eigenvalue weighted by molar-refractivity contribution is 5.96. The van der Waals surface area contributed by atoms with Gasteiger partial charge < -0.3 is 10.0 Å². The number of hydrogen-bond donors (Lipinski definition) is 1. The third-order valence-corrected chi connectivity index (χ3v) is 2.48. The van der Waals surface area contributed by atoms with Crippen LogP contribution in [0.2, 0.25) is 0 Å². The third kappa shape index (κ3) is 4.30. The predicted octanol–water partition coefficient (Wildman–Crippen LogP) is 2.56. The van der Waals surface area contributed by atoms with Crippen molar-refractivity contribution in [2.24, 2.45) is 0 Å². The van der Waals surface area contributed by atoms with Gasteiger partial charge in [-0.05, 0) is 18.2 Å². The first-order valence-corrected chi connectivity index (χ1v) is 5.65. The van der Waals surface area contributed by atoms with Crippen LogP contribution in [0, 0.1) is 5.82 Å². The Bertz CT molecular complexity index is 569. The Hall–Kier alpha value is -2.38. The second kappa shape index (κ2) is 6.38. The van der Waals surface area contributed by atoms with Gasteiger partial charge in [-0.1, -0.05) is 6.08 Å². The largest absolute Gasteiger partial charge is 0.480 e. The fourth-order valence-corrected chi connectivity index (χ4v) is 1.60. The summed E-state index contributed by atoms with van der Waals surface area (Å²) in [5.41, 5.74) is -2.03. The molecule has 1 rings (SSSR count). The maximum absolute atomic E-state index is 13.1. The molecule has 0 bridgehead atoms. The average molecular weight is 305 g/mol. The lowest BCUT2D eigenvalue weighted by atomic mass is 10.1. The van der Waals surface area contributed by atoms with Gasteiger partial charge in [0.1, 0.15) is 12.4 Å². The van der Waals surface area contributed by atoms with Crippen molar-refractivity contribution in [3.63, 3.8) is 0 Å². The lowest BCUT2D eigenvalue weighted by molar-refractivity contribution is -0.140. The first-order valence-electron chi connectivity index (χ1n) is 5.65. The Morgan fingerprint density at radius 1 is 1.33 bits per heavy atom. The minimum absolute atomic E-state index is 0.163. The number of carboxylic acid groups (broad SMARTS) is 1. The van der Waals surface area contributed by atoms with Crippen LogP contribution in [-0.2, 0) is 11.0 Å². The van der Waals surface area contributed by atoms with E-state index in [0.29, 0.717) is 12.1 Å². The molecule has 1 amide bonds. The predicted molar refractivity (Wildman–Crippen MR) is 65.1 cm³/mol. The number of aliphatic carboxylic acids is 1. The Balaban J connectivity index is 3.16. The highest BCUT2D eigenvalue weighted by Gasteiger charge is 2.35. The molecule has 0 saturated heterocycles. The first-order chi connectivity index (χ1) is 9.66. The van der Waals surface area contributed by atoms with Crippen LogP contribution in [-0.4, -0.2) is 35.0 Å². The monoisotopic (exact) mass is 305 g/mol. The van der Waals surface area contributed by atoms with Crippen LogP contribution in [0.5, 0.6) is 0 Å². The van der Waals surface area contributed by atoms with Crippen molar-refractivity contribution in [2.45, 2.75) is 6.18 Å². The summed E-state index contributed by atoms with van der Waals surface area (Å²) in [6, 6.07) is 1.74. The van der Waals surface area contributed by atoms with Gasteiger partial charge in [0.2, 0.25) is 0 Å². The van der Waals surface area contributed by atoms with Crippen LogP contribution >= 0.6 is 0 Å². The fraction of sp³-hybridized carbons (Fsp3) is 0.231. The Morgan fingerprint density at radius 3 is 2.43 bits per heavy atom. The fourth-order valence-electron chi connectivity index (χ4n) is 1.60. The van der Waals surface area contributed by atoms with E-state index in [-0.39, 0.29) is 6.54 Å². The van der Waals surface area contributed by atoms with Crippen molar-refractivity contribution in [2.75, 3.05) is 13.1 Å². The lowest BCUT2D eigenvalue weighted by Crippen LogP contribution is -2.36. The maximum atomic E-state index is 13.1. The summed E-state index contributed by atoms with van der Waals surface area (Å²) in [7, 11) is 0. The highest BCUT2D eigenvalue weighted by atomic mass is 19.4. The molecular weight excluding hydrogens is 294 g/mol. The number of hydrogen-bond acceptors (Lipinski definition) is 2. The van der Waals surface area contributed by atoms with Crippen molar-refractivity contribution < 1.29 is 32.3 Å². The van der Waals surface area contributed by atoms with Crippen LogP contribution in [0.4, 0.5) is 17.6 Å². The third-order valence-electron chi connectivity index (χ3n) is 2.48. The number of nitrogens with zero attached hydrogens (tertiary/aromatic N) is 1. The zero-order chi connectivity index (χ0) is 16.2. The van der Waals surface area contributed by atoms with Crippen molar-refractivity contribution in [3.05, 3.63) is 47.8 Å². The van der Waals surface area contributed by atoms with Gasteiger partial charge in [-0.25, -0.2) is 4.39 Å². The van der Waals surface area contributed by atoms with Gasteiger partial charge in [-0.3, -0.25) is 9.59 Å². The number of amides is 1. The number of carboxylic acids is 1. The van der Waals surface area contributed by atoms with Crippen LogP contribution in [0.3, 0.4) is 0 Å². The van der Waals surface area contributed by atoms with E-state index in [1.54, 1.807) is 0 Å². The quantitative estimate of drug-likeness (QED) is 0.672. The molecule has 0 saturated carbocycles. The molecule has 114 valence electrons. The second-order valence-corrected chi connectivity index (χ2v) is 4.06. The average Bonchev–Trinajstić information content (AvgIpc) is 2.36. The Morgan fingerprint density at radius 2 is 1.95 bits per heavy atom. The van der Waals surface area contributed by atoms with E-state index in [2.05, 4.69) is 6.58 Å². The topological polar surface area (TPSA) is 57.6 Å². The molecule has 1 aromatic rings. The van der Waals surface area contributed by atoms with Gasteiger partial charge in [-0.15, -0.1) is 6.58 Å². The standard InChI is InChI=1S/C13H11F4NO3/c1-2-5-18(7-11(19)20)12(21)8-3-4-10(14)9(6-8)13(15,16)17/h2-4,6H,1,5,7H2,(H,19,20). The van der Waals surface area contributed by atoms with Gasteiger partial charge in [0, 0.05) is 12.1 Å². The molecule has 0 aromatic heterocycles. The van der Waals surface area contributed by atoms with Crippen LogP contribution in [0.1, 0.15) is 15.9 Å². The molecule has 1 N–H and O–H groups in total. The molecule has 0 fully saturated rings. The summed E-state index contributed by atoms with van der Waals surface area (Å²) in [5, 5.41) is 8.67. The maximum Gasteiger partial charge on any atom is 0.419 e. The van der Waals surface area contributed by atoms with E-state index in [1.165, 1.54) is 6.08 Å². The number of rotatable bonds is 5. The summed E-state index contributed by atoms with van der Waals surface area (Å²) in [6.07, 6.45) is -3.72. The van der Waals surface area contributed by atoms with Gasteiger partial charge in [0.25, 0.3) is 5.91 Å².